The highest BCUT2D eigenvalue weighted by atomic mass is 32.1. The minimum atomic E-state index is 0.221. The number of hydrogen-bond donors (Lipinski definition) is 2. The molecule has 0 bridgehead atoms. The number of hydrogen-bond acceptors (Lipinski definition) is 3. The molecular formula is C9H14NOS. The van der Waals surface area contributed by atoms with Crippen LogP contribution >= 0.6 is 11.3 Å². The van der Waals surface area contributed by atoms with Crippen LogP contribution in [0.4, 0.5) is 0 Å². The molecule has 2 N–H and O–H groups in total. The average molecular weight is 184 g/mol. The van der Waals surface area contributed by atoms with Gasteiger partial charge in [0.2, 0.25) is 0 Å². The van der Waals surface area contributed by atoms with Gasteiger partial charge in [0.05, 0.1) is 6.61 Å². The van der Waals surface area contributed by atoms with Gasteiger partial charge in [-0.3, -0.25) is 0 Å². The van der Waals surface area contributed by atoms with Crippen LogP contribution in [0, 0.1) is 6.42 Å². The summed E-state index contributed by atoms with van der Waals surface area (Å²) in [6, 6.07) is 2.11. The second-order valence-electron chi connectivity index (χ2n) is 2.52. The predicted molar refractivity (Wildman–Crippen MR) is 52.3 cm³/mol. The Morgan fingerprint density at radius 3 is 3.08 bits per heavy atom. The molecule has 0 saturated heterocycles. The van der Waals surface area contributed by atoms with Gasteiger partial charge in [0.25, 0.3) is 0 Å². The fraction of sp³-hybridized carbons (Fsp3) is 0.444. The van der Waals surface area contributed by atoms with Crippen LogP contribution in [-0.4, -0.2) is 24.8 Å². The lowest BCUT2D eigenvalue weighted by molar-refractivity contribution is 0.293. The minimum absolute atomic E-state index is 0.221. The van der Waals surface area contributed by atoms with Crippen molar-refractivity contribution < 1.29 is 5.11 Å². The topological polar surface area (TPSA) is 32.3 Å². The van der Waals surface area contributed by atoms with Gasteiger partial charge in [-0.1, -0.05) is 0 Å². The third-order valence-electron chi connectivity index (χ3n) is 1.53. The van der Waals surface area contributed by atoms with Crippen molar-refractivity contribution in [2.75, 3.05) is 19.7 Å². The molecule has 2 nitrogen and oxygen atoms in total. The Kier molecular flexibility index (Phi) is 4.99. The van der Waals surface area contributed by atoms with E-state index in [1.807, 2.05) is 0 Å². The Hall–Kier alpha value is -0.380. The number of aliphatic hydroxyl groups is 1. The SMILES string of the molecule is OCCNCC[CH]c1ccsc1. The molecule has 0 saturated carbocycles. The van der Waals surface area contributed by atoms with Gasteiger partial charge < -0.3 is 10.4 Å². The zero-order chi connectivity index (χ0) is 8.65. The summed E-state index contributed by atoms with van der Waals surface area (Å²) in [7, 11) is 0. The average Bonchev–Trinajstić information content (AvgIpc) is 2.57. The minimum Gasteiger partial charge on any atom is -0.395 e. The van der Waals surface area contributed by atoms with E-state index < -0.39 is 0 Å². The van der Waals surface area contributed by atoms with E-state index in [1.165, 1.54) is 5.56 Å². The van der Waals surface area contributed by atoms with Crippen molar-refractivity contribution in [3.05, 3.63) is 28.8 Å². The van der Waals surface area contributed by atoms with Gasteiger partial charge in [-0.2, -0.15) is 11.3 Å². The van der Waals surface area contributed by atoms with Crippen molar-refractivity contribution >= 4 is 11.3 Å². The molecule has 0 fully saturated rings. The Labute approximate surface area is 77.2 Å². The maximum atomic E-state index is 8.48. The van der Waals surface area contributed by atoms with Gasteiger partial charge >= 0.3 is 0 Å². The third kappa shape index (κ3) is 3.85. The largest absolute Gasteiger partial charge is 0.395 e. The van der Waals surface area contributed by atoms with Gasteiger partial charge in [-0.15, -0.1) is 0 Å². The molecule has 1 heterocycles. The number of nitrogens with one attached hydrogen (secondary N) is 1. The molecular weight excluding hydrogens is 170 g/mol. The first-order valence-electron chi connectivity index (χ1n) is 4.10. The summed E-state index contributed by atoms with van der Waals surface area (Å²) >= 11 is 1.72. The van der Waals surface area contributed by atoms with E-state index in [0.717, 1.165) is 13.0 Å². The number of rotatable bonds is 6. The van der Waals surface area contributed by atoms with Crippen LogP contribution in [0.2, 0.25) is 0 Å². The maximum absolute atomic E-state index is 8.48. The van der Waals surface area contributed by atoms with Gasteiger partial charge in [0.1, 0.15) is 0 Å². The molecule has 0 aliphatic carbocycles. The number of aliphatic hydroxyl groups excluding tert-OH is 1. The molecule has 0 spiro atoms. The predicted octanol–water partition coefficient (Wildman–Crippen LogP) is 1.27. The van der Waals surface area contributed by atoms with E-state index >= 15 is 0 Å². The van der Waals surface area contributed by atoms with Crippen LogP contribution in [0.1, 0.15) is 12.0 Å². The van der Waals surface area contributed by atoms with Crippen LogP contribution < -0.4 is 5.32 Å². The van der Waals surface area contributed by atoms with E-state index in [1.54, 1.807) is 11.3 Å². The van der Waals surface area contributed by atoms with Crippen molar-refractivity contribution in [1.82, 2.24) is 5.32 Å². The summed E-state index contributed by atoms with van der Waals surface area (Å²) in [4.78, 5) is 0. The van der Waals surface area contributed by atoms with Crippen molar-refractivity contribution in [3.63, 3.8) is 0 Å². The molecule has 1 rings (SSSR count). The molecule has 0 aliphatic heterocycles. The fourth-order valence-corrected chi connectivity index (χ4v) is 1.58. The van der Waals surface area contributed by atoms with Crippen LogP contribution in [0.3, 0.4) is 0 Å². The van der Waals surface area contributed by atoms with Crippen molar-refractivity contribution in [2.24, 2.45) is 0 Å². The summed E-state index contributed by atoms with van der Waals surface area (Å²) in [5.41, 5.74) is 1.30. The van der Waals surface area contributed by atoms with Gasteiger partial charge in [-0.05, 0) is 41.8 Å². The lowest BCUT2D eigenvalue weighted by Gasteiger charge is -2.00. The first kappa shape index (κ1) is 9.71. The molecule has 0 unspecified atom stereocenters. The molecule has 1 radical (unpaired) electrons. The Bertz CT molecular complexity index is 186. The molecule has 1 aromatic rings. The number of thiophene rings is 1. The molecule has 0 amide bonds. The first-order chi connectivity index (χ1) is 5.93. The Morgan fingerprint density at radius 2 is 2.42 bits per heavy atom. The summed E-state index contributed by atoms with van der Waals surface area (Å²) < 4.78 is 0. The summed E-state index contributed by atoms with van der Waals surface area (Å²) in [5, 5.41) is 15.8. The highest BCUT2D eigenvalue weighted by molar-refractivity contribution is 7.08. The monoisotopic (exact) mass is 184 g/mol. The van der Waals surface area contributed by atoms with Crippen molar-refractivity contribution in [2.45, 2.75) is 6.42 Å². The maximum Gasteiger partial charge on any atom is 0.0555 e. The lowest BCUT2D eigenvalue weighted by atomic mass is 10.2. The van der Waals surface area contributed by atoms with E-state index in [9.17, 15) is 0 Å². The van der Waals surface area contributed by atoms with E-state index in [2.05, 4.69) is 28.6 Å². The molecule has 1 aromatic heterocycles. The van der Waals surface area contributed by atoms with Gasteiger partial charge in [0, 0.05) is 6.54 Å². The van der Waals surface area contributed by atoms with Crippen LogP contribution in [-0.2, 0) is 0 Å². The van der Waals surface area contributed by atoms with Gasteiger partial charge in [0.15, 0.2) is 0 Å². The normalized spacial score (nSPS) is 10.4. The fourth-order valence-electron chi connectivity index (χ4n) is 0.936. The zero-order valence-corrected chi connectivity index (χ0v) is 7.81. The van der Waals surface area contributed by atoms with Gasteiger partial charge in [-0.25, -0.2) is 0 Å². The van der Waals surface area contributed by atoms with E-state index in [4.69, 9.17) is 5.11 Å². The molecule has 0 atom stereocenters. The second kappa shape index (κ2) is 6.17. The van der Waals surface area contributed by atoms with Crippen LogP contribution in [0.15, 0.2) is 16.8 Å². The molecule has 67 valence electrons. The van der Waals surface area contributed by atoms with Crippen LogP contribution in [0.5, 0.6) is 0 Å². The Balaban J connectivity index is 1.96. The molecule has 0 aromatic carbocycles. The lowest BCUT2D eigenvalue weighted by Crippen LogP contribution is -2.19. The first-order valence-corrected chi connectivity index (χ1v) is 5.05. The second-order valence-corrected chi connectivity index (χ2v) is 3.30. The third-order valence-corrected chi connectivity index (χ3v) is 2.23. The van der Waals surface area contributed by atoms with E-state index in [-0.39, 0.29) is 6.61 Å². The molecule has 0 aliphatic rings. The standard InChI is InChI=1S/C9H14NOS/c11-6-5-10-4-1-2-9-3-7-12-8-9/h2-3,7-8,10-11H,1,4-6H2. The highest BCUT2D eigenvalue weighted by Crippen LogP contribution is 2.09. The molecule has 12 heavy (non-hydrogen) atoms. The Morgan fingerprint density at radius 1 is 1.50 bits per heavy atom. The summed E-state index contributed by atoms with van der Waals surface area (Å²) in [5.74, 6) is 0. The zero-order valence-electron chi connectivity index (χ0n) is 6.99. The van der Waals surface area contributed by atoms with Crippen LogP contribution in [0.25, 0.3) is 0 Å². The van der Waals surface area contributed by atoms with Crippen molar-refractivity contribution in [1.29, 1.82) is 0 Å². The molecule has 3 heteroatoms. The summed E-state index contributed by atoms with van der Waals surface area (Å²) in [6.07, 6.45) is 3.22. The smallest absolute Gasteiger partial charge is 0.0555 e. The quantitative estimate of drug-likeness (QED) is 0.653. The van der Waals surface area contributed by atoms with E-state index in [0.29, 0.717) is 6.54 Å². The summed E-state index contributed by atoms with van der Waals surface area (Å²) in [6.45, 7) is 1.85. The highest BCUT2D eigenvalue weighted by Gasteiger charge is 1.92. The van der Waals surface area contributed by atoms with Crippen molar-refractivity contribution in [3.8, 4) is 0 Å².